The van der Waals surface area contributed by atoms with E-state index in [-0.39, 0.29) is 0 Å². The molecule has 3 aromatic rings. The first-order chi connectivity index (χ1) is 12.9. The zero-order valence-corrected chi connectivity index (χ0v) is 15.7. The summed E-state index contributed by atoms with van der Waals surface area (Å²) in [5.74, 6) is 1.71. The Labute approximate surface area is 158 Å². The molecular weight excluding hydrogens is 340 g/mol. The van der Waals surface area contributed by atoms with Gasteiger partial charge in [0.15, 0.2) is 0 Å². The van der Waals surface area contributed by atoms with Crippen molar-refractivity contribution >= 4 is 17.4 Å². The summed E-state index contributed by atoms with van der Waals surface area (Å²) >= 11 is 1.65. The first-order valence-corrected chi connectivity index (χ1v) is 10.1. The van der Waals surface area contributed by atoms with Gasteiger partial charge < -0.3 is 4.57 Å². The van der Waals surface area contributed by atoms with Crippen LogP contribution in [0.3, 0.4) is 0 Å². The van der Waals surface area contributed by atoms with E-state index >= 15 is 0 Å². The van der Waals surface area contributed by atoms with E-state index in [2.05, 4.69) is 73.5 Å². The minimum absolute atomic E-state index is 0.502. The van der Waals surface area contributed by atoms with Crippen molar-refractivity contribution in [3.05, 3.63) is 76.8 Å². The van der Waals surface area contributed by atoms with Crippen LogP contribution in [0.1, 0.15) is 35.8 Å². The van der Waals surface area contributed by atoms with Crippen molar-refractivity contribution in [3.63, 3.8) is 0 Å². The lowest BCUT2D eigenvalue weighted by Crippen LogP contribution is -2.35. The molecule has 1 unspecified atom stereocenters. The Morgan fingerprint density at radius 2 is 2.12 bits per heavy atom. The van der Waals surface area contributed by atoms with Gasteiger partial charge in [-0.2, -0.15) is 0 Å². The average Bonchev–Trinajstić information content (AvgIpc) is 3.35. The molecule has 0 N–H and O–H groups in total. The Kier molecular flexibility index (Phi) is 5.57. The van der Waals surface area contributed by atoms with Crippen LogP contribution in [-0.4, -0.2) is 39.1 Å². The van der Waals surface area contributed by atoms with E-state index < -0.39 is 0 Å². The first-order valence-electron chi connectivity index (χ1n) is 9.20. The number of hydrogen-bond acceptors (Lipinski definition) is 4. The van der Waals surface area contributed by atoms with E-state index in [1.54, 1.807) is 11.3 Å². The molecule has 0 amide bonds. The molecule has 1 aliphatic heterocycles. The number of piperidine rings is 1. The number of rotatable bonds is 6. The van der Waals surface area contributed by atoms with Gasteiger partial charge >= 0.3 is 0 Å². The summed E-state index contributed by atoms with van der Waals surface area (Å²) < 4.78 is 2.27. The van der Waals surface area contributed by atoms with E-state index in [9.17, 15) is 0 Å². The van der Waals surface area contributed by atoms with Crippen molar-refractivity contribution in [1.29, 1.82) is 0 Å². The van der Waals surface area contributed by atoms with Crippen molar-refractivity contribution in [2.24, 2.45) is 0 Å². The van der Waals surface area contributed by atoms with Gasteiger partial charge in [-0.05, 0) is 24.9 Å². The molecular formula is C21H24N4S. The highest BCUT2D eigenvalue weighted by molar-refractivity contribution is 7.07. The monoisotopic (exact) mass is 364 g/mol. The molecule has 0 saturated carbocycles. The number of nitrogens with zero attached hydrogens (tertiary/aromatic N) is 4. The highest BCUT2D eigenvalue weighted by atomic mass is 32.1. The lowest BCUT2D eigenvalue weighted by Gasteiger charge is -2.31. The fraction of sp³-hybridized carbons (Fsp3) is 0.333. The Morgan fingerprint density at radius 3 is 2.96 bits per heavy atom. The summed E-state index contributed by atoms with van der Waals surface area (Å²) in [5, 5.41) is 2.12. The molecule has 4 rings (SSSR count). The van der Waals surface area contributed by atoms with Crippen LogP contribution in [0.2, 0.25) is 0 Å². The molecule has 1 aromatic carbocycles. The third-order valence-electron chi connectivity index (χ3n) is 4.91. The fourth-order valence-corrected chi connectivity index (χ4v) is 4.19. The molecule has 1 fully saturated rings. The van der Waals surface area contributed by atoms with Crippen LogP contribution in [0.25, 0.3) is 6.08 Å². The zero-order chi connectivity index (χ0) is 17.6. The molecule has 1 aliphatic rings. The Hall–Kier alpha value is -2.24. The van der Waals surface area contributed by atoms with Crippen LogP contribution in [-0.2, 0) is 6.54 Å². The zero-order valence-electron chi connectivity index (χ0n) is 14.9. The maximum atomic E-state index is 4.68. The molecule has 1 saturated heterocycles. The van der Waals surface area contributed by atoms with Crippen molar-refractivity contribution in [1.82, 2.24) is 19.4 Å². The van der Waals surface area contributed by atoms with Gasteiger partial charge in [-0.25, -0.2) is 9.97 Å². The molecule has 2 aromatic heterocycles. The van der Waals surface area contributed by atoms with E-state index in [1.807, 2.05) is 11.7 Å². The topological polar surface area (TPSA) is 34.0 Å². The molecule has 3 heterocycles. The third kappa shape index (κ3) is 4.29. The SMILES string of the molecule is C(=Cc1ccccc1)CN1CCCC(c2nccn2Cc2cscn2)C1. The largest absolute Gasteiger partial charge is 0.329 e. The second-order valence-electron chi connectivity index (χ2n) is 6.80. The van der Waals surface area contributed by atoms with Crippen LogP contribution in [0.5, 0.6) is 0 Å². The highest BCUT2D eigenvalue weighted by Gasteiger charge is 2.24. The number of likely N-dealkylation sites (tertiary alicyclic amines) is 1. The van der Waals surface area contributed by atoms with Crippen LogP contribution >= 0.6 is 11.3 Å². The van der Waals surface area contributed by atoms with E-state index in [0.717, 1.165) is 25.3 Å². The molecule has 4 nitrogen and oxygen atoms in total. The second-order valence-corrected chi connectivity index (χ2v) is 7.52. The minimum atomic E-state index is 0.502. The number of benzene rings is 1. The maximum Gasteiger partial charge on any atom is 0.113 e. The highest BCUT2D eigenvalue weighted by Crippen LogP contribution is 2.26. The standard InChI is InChI=1S/C21H24N4S/c1-2-6-18(7-3-1)8-4-11-24-12-5-9-19(14-24)21-22-10-13-25(21)15-20-16-26-17-23-20/h1-4,6-8,10,13,16-17,19H,5,9,11-12,14-15H2. The van der Waals surface area contributed by atoms with E-state index in [0.29, 0.717) is 5.92 Å². The smallest absolute Gasteiger partial charge is 0.113 e. The van der Waals surface area contributed by atoms with Crippen molar-refractivity contribution in [2.45, 2.75) is 25.3 Å². The molecule has 1 atom stereocenters. The van der Waals surface area contributed by atoms with Gasteiger partial charge in [0.25, 0.3) is 0 Å². The Morgan fingerprint density at radius 1 is 1.19 bits per heavy atom. The van der Waals surface area contributed by atoms with Gasteiger partial charge in [0.2, 0.25) is 0 Å². The molecule has 26 heavy (non-hydrogen) atoms. The van der Waals surface area contributed by atoms with Gasteiger partial charge in [-0.1, -0.05) is 42.5 Å². The normalized spacial score (nSPS) is 18.5. The lowest BCUT2D eigenvalue weighted by atomic mass is 9.97. The summed E-state index contributed by atoms with van der Waals surface area (Å²) in [6, 6.07) is 10.5. The number of imidazole rings is 1. The number of aromatic nitrogens is 3. The fourth-order valence-electron chi connectivity index (χ4n) is 3.64. The maximum absolute atomic E-state index is 4.68. The Bertz CT molecular complexity index is 823. The predicted octanol–water partition coefficient (Wildman–Crippen LogP) is 4.28. The molecule has 0 radical (unpaired) electrons. The lowest BCUT2D eigenvalue weighted by molar-refractivity contribution is 0.222. The van der Waals surface area contributed by atoms with Crippen molar-refractivity contribution in [3.8, 4) is 0 Å². The molecule has 0 spiro atoms. The summed E-state index contributed by atoms with van der Waals surface area (Å²) in [6.45, 7) is 4.07. The molecule has 0 bridgehead atoms. The van der Waals surface area contributed by atoms with Crippen LogP contribution in [0.4, 0.5) is 0 Å². The van der Waals surface area contributed by atoms with Gasteiger partial charge in [-0.15, -0.1) is 11.3 Å². The second kappa shape index (κ2) is 8.43. The first kappa shape index (κ1) is 17.2. The summed E-state index contributed by atoms with van der Waals surface area (Å²) in [6.07, 6.45) is 10.9. The predicted molar refractivity (Wildman–Crippen MR) is 107 cm³/mol. The van der Waals surface area contributed by atoms with Crippen LogP contribution in [0, 0.1) is 0 Å². The van der Waals surface area contributed by atoms with Crippen LogP contribution in [0.15, 0.2) is 59.7 Å². The van der Waals surface area contributed by atoms with Gasteiger partial charge in [-0.3, -0.25) is 4.90 Å². The van der Waals surface area contributed by atoms with Crippen molar-refractivity contribution < 1.29 is 0 Å². The molecule has 5 heteroatoms. The average molecular weight is 365 g/mol. The van der Waals surface area contributed by atoms with Gasteiger partial charge in [0, 0.05) is 36.8 Å². The van der Waals surface area contributed by atoms with E-state index in [1.165, 1.54) is 30.8 Å². The minimum Gasteiger partial charge on any atom is -0.329 e. The summed E-state index contributed by atoms with van der Waals surface area (Å²) in [7, 11) is 0. The summed E-state index contributed by atoms with van der Waals surface area (Å²) in [4.78, 5) is 11.6. The van der Waals surface area contributed by atoms with Gasteiger partial charge in [0.05, 0.1) is 17.7 Å². The van der Waals surface area contributed by atoms with Crippen molar-refractivity contribution in [2.75, 3.05) is 19.6 Å². The third-order valence-corrected chi connectivity index (χ3v) is 5.54. The Balaban J connectivity index is 1.38. The van der Waals surface area contributed by atoms with Gasteiger partial charge in [0.1, 0.15) is 5.82 Å². The molecule has 0 aliphatic carbocycles. The summed E-state index contributed by atoms with van der Waals surface area (Å²) in [5.41, 5.74) is 4.28. The van der Waals surface area contributed by atoms with E-state index in [4.69, 9.17) is 0 Å². The number of thiazole rings is 1. The molecule has 134 valence electrons. The van der Waals surface area contributed by atoms with Crippen LogP contribution < -0.4 is 0 Å². The quantitative estimate of drug-likeness (QED) is 0.655. The number of hydrogen-bond donors (Lipinski definition) is 0.